The average molecular weight is 402 g/mol. The highest BCUT2D eigenvalue weighted by Gasteiger charge is 2.30. The zero-order chi connectivity index (χ0) is 19.6. The van der Waals surface area contributed by atoms with Crippen molar-refractivity contribution in [3.05, 3.63) is 54.1 Å². The number of nitrogens with zero attached hydrogens (tertiary/aromatic N) is 2. The first kappa shape index (κ1) is 18.8. The van der Waals surface area contributed by atoms with Crippen molar-refractivity contribution in [2.24, 2.45) is 0 Å². The molecule has 0 saturated carbocycles. The molecule has 0 spiro atoms. The summed E-state index contributed by atoms with van der Waals surface area (Å²) in [5, 5.41) is 0. The van der Waals surface area contributed by atoms with Gasteiger partial charge in [0.15, 0.2) is 6.61 Å². The molecule has 2 aliphatic heterocycles. The molecular weight excluding hydrogens is 380 g/mol. The van der Waals surface area contributed by atoms with Crippen molar-refractivity contribution in [2.45, 2.75) is 11.3 Å². The van der Waals surface area contributed by atoms with Crippen LogP contribution in [-0.2, 0) is 26.0 Å². The van der Waals surface area contributed by atoms with Crippen LogP contribution in [0.4, 0.5) is 5.69 Å². The largest absolute Gasteiger partial charge is 0.484 e. The lowest BCUT2D eigenvalue weighted by Gasteiger charge is -2.26. The molecule has 0 atom stereocenters. The molecule has 4 rings (SSSR count). The maximum absolute atomic E-state index is 13.0. The third kappa shape index (κ3) is 3.70. The molecule has 0 N–H and O–H groups in total. The lowest BCUT2D eigenvalue weighted by Crippen LogP contribution is -2.42. The molecular formula is C20H22N2O5S. The van der Waals surface area contributed by atoms with Crippen LogP contribution in [0.2, 0.25) is 0 Å². The molecule has 7 nitrogen and oxygen atoms in total. The number of fused-ring (bicyclic) bond motifs is 1. The molecule has 0 aliphatic carbocycles. The first-order valence-corrected chi connectivity index (χ1v) is 10.7. The van der Waals surface area contributed by atoms with Gasteiger partial charge < -0.3 is 14.4 Å². The number of morpholine rings is 1. The van der Waals surface area contributed by atoms with Gasteiger partial charge in [-0.25, -0.2) is 8.42 Å². The Bertz CT molecular complexity index is 953. The first-order valence-electron chi connectivity index (χ1n) is 9.25. The standard InChI is InChI=1S/C20H22N2O5S/c23-20(21-11-13-26-14-12-21)15-27-17-5-7-18(8-6-17)28(24,25)22-10-9-16-3-1-2-4-19(16)22/h1-8H,9-15H2. The summed E-state index contributed by atoms with van der Waals surface area (Å²) in [5.74, 6) is 0.357. The van der Waals surface area contributed by atoms with Crippen LogP contribution in [0.15, 0.2) is 53.4 Å². The molecule has 1 amide bonds. The van der Waals surface area contributed by atoms with Crippen molar-refractivity contribution < 1.29 is 22.7 Å². The van der Waals surface area contributed by atoms with E-state index in [1.807, 2.05) is 24.3 Å². The normalized spacial score (nSPS) is 16.7. The fourth-order valence-corrected chi connectivity index (χ4v) is 4.95. The summed E-state index contributed by atoms with van der Waals surface area (Å²) in [7, 11) is -3.63. The van der Waals surface area contributed by atoms with E-state index in [9.17, 15) is 13.2 Å². The van der Waals surface area contributed by atoms with Gasteiger partial charge in [-0.3, -0.25) is 9.10 Å². The smallest absolute Gasteiger partial charge is 0.264 e. The van der Waals surface area contributed by atoms with Crippen LogP contribution in [0.5, 0.6) is 5.75 Å². The second kappa shape index (κ2) is 7.81. The van der Waals surface area contributed by atoms with E-state index < -0.39 is 10.0 Å². The van der Waals surface area contributed by atoms with E-state index in [2.05, 4.69) is 0 Å². The number of rotatable bonds is 5. The van der Waals surface area contributed by atoms with Crippen molar-refractivity contribution in [2.75, 3.05) is 43.8 Å². The number of benzene rings is 2. The second-order valence-electron chi connectivity index (χ2n) is 6.71. The average Bonchev–Trinajstić information content (AvgIpc) is 3.18. The molecule has 0 bridgehead atoms. The minimum Gasteiger partial charge on any atom is -0.484 e. The van der Waals surface area contributed by atoms with Crippen LogP contribution < -0.4 is 9.04 Å². The van der Waals surface area contributed by atoms with Gasteiger partial charge in [0.2, 0.25) is 0 Å². The molecule has 1 saturated heterocycles. The van der Waals surface area contributed by atoms with Gasteiger partial charge in [0.1, 0.15) is 5.75 Å². The van der Waals surface area contributed by atoms with Gasteiger partial charge in [-0.1, -0.05) is 18.2 Å². The van der Waals surface area contributed by atoms with E-state index in [0.717, 1.165) is 11.3 Å². The number of hydrogen-bond acceptors (Lipinski definition) is 5. The topological polar surface area (TPSA) is 76.2 Å². The summed E-state index contributed by atoms with van der Waals surface area (Å²) in [6, 6.07) is 13.7. The second-order valence-corrected chi connectivity index (χ2v) is 8.57. The van der Waals surface area contributed by atoms with E-state index in [1.165, 1.54) is 16.4 Å². The first-order chi connectivity index (χ1) is 13.6. The molecule has 28 heavy (non-hydrogen) atoms. The van der Waals surface area contributed by atoms with E-state index in [0.29, 0.717) is 45.0 Å². The number of anilines is 1. The Balaban J connectivity index is 1.42. The quantitative estimate of drug-likeness (QED) is 0.761. The fraction of sp³-hybridized carbons (Fsp3) is 0.350. The molecule has 1 fully saturated rings. The predicted octanol–water partition coefficient (Wildman–Crippen LogP) is 1.68. The van der Waals surface area contributed by atoms with Crippen molar-refractivity contribution in [1.82, 2.24) is 4.90 Å². The third-order valence-corrected chi connectivity index (χ3v) is 6.81. The van der Waals surface area contributed by atoms with Crippen LogP contribution in [0.25, 0.3) is 0 Å². The van der Waals surface area contributed by atoms with Crippen molar-refractivity contribution in [1.29, 1.82) is 0 Å². The molecule has 0 aromatic heterocycles. The monoisotopic (exact) mass is 402 g/mol. The van der Waals surface area contributed by atoms with Gasteiger partial charge in [0.25, 0.3) is 15.9 Å². The van der Waals surface area contributed by atoms with Gasteiger partial charge in [0.05, 0.1) is 23.8 Å². The van der Waals surface area contributed by atoms with E-state index >= 15 is 0 Å². The highest BCUT2D eigenvalue weighted by atomic mass is 32.2. The summed E-state index contributed by atoms with van der Waals surface area (Å²) >= 11 is 0. The van der Waals surface area contributed by atoms with Crippen molar-refractivity contribution in [3.63, 3.8) is 0 Å². The van der Waals surface area contributed by atoms with Gasteiger partial charge in [0, 0.05) is 19.6 Å². The third-order valence-electron chi connectivity index (χ3n) is 4.98. The molecule has 2 aromatic rings. The number of para-hydroxylation sites is 1. The molecule has 2 aromatic carbocycles. The zero-order valence-electron chi connectivity index (χ0n) is 15.4. The Morgan fingerprint density at radius 2 is 1.71 bits per heavy atom. The summed E-state index contributed by atoms with van der Waals surface area (Å²) < 4.78 is 38.2. The number of carbonyl (C=O) groups is 1. The maximum atomic E-state index is 13.0. The van der Waals surface area contributed by atoms with Crippen molar-refractivity contribution >= 4 is 21.6 Å². The summed E-state index contributed by atoms with van der Waals surface area (Å²) in [5.41, 5.74) is 1.77. The van der Waals surface area contributed by atoms with E-state index in [-0.39, 0.29) is 17.4 Å². The van der Waals surface area contributed by atoms with Gasteiger partial charge >= 0.3 is 0 Å². The number of sulfonamides is 1. The Morgan fingerprint density at radius 1 is 1.00 bits per heavy atom. The molecule has 0 unspecified atom stereocenters. The van der Waals surface area contributed by atoms with Crippen LogP contribution in [0, 0.1) is 0 Å². The van der Waals surface area contributed by atoms with E-state index in [1.54, 1.807) is 17.0 Å². The fourth-order valence-electron chi connectivity index (χ4n) is 3.44. The van der Waals surface area contributed by atoms with Crippen LogP contribution in [0.3, 0.4) is 0 Å². The van der Waals surface area contributed by atoms with E-state index in [4.69, 9.17) is 9.47 Å². The Hall–Kier alpha value is -2.58. The number of hydrogen-bond donors (Lipinski definition) is 0. The molecule has 8 heteroatoms. The number of amides is 1. The SMILES string of the molecule is O=C(COc1ccc(S(=O)(=O)N2CCc3ccccc32)cc1)N1CCOCC1. The highest BCUT2D eigenvalue weighted by molar-refractivity contribution is 7.92. The molecule has 0 radical (unpaired) electrons. The Labute approximate surface area is 164 Å². The Kier molecular flexibility index (Phi) is 5.23. The molecule has 2 heterocycles. The zero-order valence-corrected chi connectivity index (χ0v) is 16.2. The minimum absolute atomic E-state index is 0.0778. The highest BCUT2D eigenvalue weighted by Crippen LogP contribution is 2.32. The lowest BCUT2D eigenvalue weighted by atomic mass is 10.2. The lowest BCUT2D eigenvalue weighted by molar-refractivity contribution is -0.137. The minimum atomic E-state index is -3.63. The van der Waals surface area contributed by atoms with Gasteiger partial charge in [-0.05, 0) is 42.3 Å². The van der Waals surface area contributed by atoms with Crippen LogP contribution in [0.1, 0.15) is 5.56 Å². The van der Waals surface area contributed by atoms with Crippen molar-refractivity contribution in [3.8, 4) is 5.75 Å². The van der Waals surface area contributed by atoms with Gasteiger partial charge in [-0.15, -0.1) is 0 Å². The van der Waals surface area contributed by atoms with Gasteiger partial charge in [-0.2, -0.15) is 0 Å². The Morgan fingerprint density at radius 3 is 2.46 bits per heavy atom. The molecule has 148 valence electrons. The van der Waals surface area contributed by atoms with Crippen LogP contribution in [-0.4, -0.2) is 58.7 Å². The van der Waals surface area contributed by atoms with Crippen LogP contribution >= 0.6 is 0 Å². The molecule has 2 aliphatic rings. The predicted molar refractivity (Wildman–Crippen MR) is 104 cm³/mol. The number of ether oxygens (including phenoxy) is 2. The maximum Gasteiger partial charge on any atom is 0.264 e. The number of carbonyl (C=O) groups excluding carboxylic acids is 1. The summed E-state index contributed by atoms with van der Waals surface area (Å²) in [4.78, 5) is 14.0. The summed E-state index contributed by atoms with van der Waals surface area (Å²) in [6.07, 6.45) is 0.709. The summed E-state index contributed by atoms with van der Waals surface area (Å²) in [6.45, 7) is 2.57.